The van der Waals surface area contributed by atoms with Crippen LogP contribution in [0.25, 0.3) is 0 Å². The van der Waals surface area contributed by atoms with E-state index in [4.69, 9.17) is 9.84 Å². The minimum atomic E-state index is -3.00. The van der Waals surface area contributed by atoms with E-state index in [9.17, 15) is 12.8 Å². The third-order valence-corrected chi connectivity index (χ3v) is 3.20. The van der Waals surface area contributed by atoms with Crippen LogP contribution in [0, 0.1) is 17.7 Å². The Morgan fingerprint density at radius 2 is 2.16 bits per heavy atom. The van der Waals surface area contributed by atoms with Gasteiger partial charge in [-0.25, -0.2) is 12.8 Å². The van der Waals surface area contributed by atoms with E-state index in [0.717, 1.165) is 6.26 Å². The summed E-state index contributed by atoms with van der Waals surface area (Å²) in [5, 5.41) is 8.51. The minimum Gasteiger partial charge on any atom is -0.493 e. The van der Waals surface area contributed by atoms with Crippen molar-refractivity contribution in [2.75, 3.05) is 25.2 Å². The second-order valence-electron chi connectivity index (χ2n) is 3.93. The van der Waals surface area contributed by atoms with E-state index >= 15 is 0 Å². The normalized spacial score (nSPS) is 10.7. The van der Waals surface area contributed by atoms with Gasteiger partial charge in [-0.1, -0.05) is 11.8 Å². The Hall–Kier alpha value is -1.58. The zero-order valence-electron chi connectivity index (χ0n) is 10.5. The number of aliphatic hydroxyl groups excluding tert-OH is 1. The quantitative estimate of drug-likeness (QED) is 0.647. The lowest BCUT2D eigenvalue weighted by Crippen LogP contribution is -2.08. The first kappa shape index (κ1) is 15.5. The topological polar surface area (TPSA) is 63.6 Å². The number of halogens is 1. The number of sulfone groups is 1. The van der Waals surface area contributed by atoms with Gasteiger partial charge in [0.15, 0.2) is 0 Å². The fourth-order valence-electron chi connectivity index (χ4n) is 1.33. The molecule has 1 rings (SSSR count). The van der Waals surface area contributed by atoms with Gasteiger partial charge in [-0.05, 0) is 18.6 Å². The molecule has 104 valence electrons. The molecule has 0 bridgehead atoms. The lowest BCUT2D eigenvalue weighted by atomic mass is 10.2. The van der Waals surface area contributed by atoms with Crippen molar-refractivity contribution in [1.82, 2.24) is 0 Å². The summed E-state index contributed by atoms with van der Waals surface area (Å²) in [7, 11) is -3.00. The van der Waals surface area contributed by atoms with Crippen molar-refractivity contribution >= 4 is 9.84 Å². The van der Waals surface area contributed by atoms with Gasteiger partial charge in [0.2, 0.25) is 0 Å². The molecular weight excluding hydrogens is 271 g/mol. The molecule has 0 saturated heterocycles. The molecule has 4 nitrogen and oxygen atoms in total. The van der Waals surface area contributed by atoms with Crippen LogP contribution in [-0.4, -0.2) is 38.7 Å². The average molecular weight is 286 g/mol. The number of ether oxygens (including phenoxy) is 1. The standard InChI is InChI=1S/C13H15FO4S/c1-19(16,17)9-3-8-18-12-6-5-11(4-2-7-15)13(14)10-12/h5-6,10,15H,3,7-9H2,1H3. The van der Waals surface area contributed by atoms with Gasteiger partial charge < -0.3 is 9.84 Å². The van der Waals surface area contributed by atoms with Crippen molar-refractivity contribution in [3.63, 3.8) is 0 Å². The second-order valence-corrected chi connectivity index (χ2v) is 6.19. The maximum Gasteiger partial charge on any atom is 0.147 e. The van der Waals surface area contributed by atoms with Crippen LogP contribution in [0.2, 0.25) is 0 Å². The Morgan fingerprint density at radius 1 is 1.42 bits per heavy atom. The summed E-state index contributed by atoms with van der Waals surface area (Å²) in [6.45, 7) is -0.128. The SMILES string of the molecule is CS(=O)(=O)CCCOc1ccc(C#CCO)c(F)c1. The first-order chi connectivity index (χ1) is 8.92. The van der Waals surface area contributed by atoms with Crippen molar-refractivity contribution in [2.24, 2.45) is 0 Å². The van der Waals surface area contributed by atoms with E-state index in [1.54, 1.807) is 6.07 Å². The molecule has 0 amide bonds. The van der Waals surface area contributed by atoms with Crippen molar-refractivity contribution in [3.05, 3.63) is 29.6 Å². The Kier molecular flexibility index (Phi) is 5.80. The highest BCUT2D eigenvalue weighted by molar-refractivity contribution is 7.90. The molecule has 0 aliphatic carbocycles. The molecule has 6 heteroatoms. The summed E-state index contributed by atoms with van der Waals surface area (Å²) in [6, 6.07) is 4.18. The van der Waals surface area contributed by atoms with Crippen LogP contribution in [0.15, 0.2) is 18.2 Å². The minimum absolute atomic E-state index is 0.0372. The average Bonchev–Trinajstić information content (AvgIpc) is 2.32. The molecule has 0 unspecified atom stereocenters. The lowest BCUT2D eigenvalue weighted by molar-refractivity contribution is 0.316. The van der Waals surface area contributed by atoms with Crippen LogP contribution >= 0.6 is 0 Å². The Bertz CT molecular complexity index is 584. The van der Waals surface area contributed by atoms with Crippen molar-refractivity contribution in [2.45, 2.75) is 6.42 Å². The fourth-order valence-corrected chi connectivity index (χ4v) is 1.98. The highest BCUT2D eigenvalue weighted by Gasteiger charge is 2.04. The van der Waals surface area contributed by atoms with Gasteiger partial charge in [-0.2, -0.15) is 0 Å². The van der Waals surface area contributed by atoms with Crippen LogP contribution in [0.4, 0.5) is 4.39 Å². The van der Waals surface area contributed by atoms with Crippen LogP contribution < -0.4 is 4.74 Å². The maximum absolute atomic E-state index is 13.5. The third-order valence-electron chi connectivity index (χ3n) is 2.17. The van der Waals surface area contributed by atoms with Gasteiger partial charge in [0.25, 0.3) is 0 Å². The van der Waals surface area contributed by atoms with E-state index in [1.807, 2.05) is 0 Å². The fraction of sp³-hybridized carbons (Fsp3) is 0.385. The van der Waals surface area contributed by atoms with Gasteiger partial charge in [-0.15, -0.1) is 0 Å². The van der Waals surface area contributed by atoms with Crippen molar-refractivity contribution < 1.29 is 22.7 Å². The van der Waals surface area contributed by atoms with Crippen LogP contribution in [0.1, 0.15) is 12.0 Å². The maximum atomic E-state index is 13.5. The number of benzene rings is 1. The summed E-state index contributed by atoms with van der Waals surface area (Å²) < 4.78 is 40.5. The van der Waals surface area contributed by atoms with Crippen LogP contribution in [0.3, 0.4) is 0 Å². The highest BCUT2D eigenvalue weighted by Crippen LogP contribution is 2.16. The van der Waals surface area contributed by atoms with E-state index in [0.29, 0.717) is 12.2 Å². The monoisotopic (exact) mass is 286 g/mol. The zero-order valence-corrected chi connectivity index (χ0v) is 11.3. The molecule has 19 heavy (non-hydrogen) atoms. The predicted octanol–water partition coefficient (Wildman–Crippen LogP) is 0.983. The molecular formula is C13H15FO4S. The second kappa shape index (κ2) is 7.12. The molecule has 1 aromatic rings. The van der Waals surface area contributed by atoms with E-state index < -0.39 is 15.7 Å². The van der Waals surface area contributed by atoms with E-state index in [-0.39, 0.29) is 24.5 Å². The lowest BCUT2D eigenvalue weighted by Gasteiger charge is -2.06. The number of hydrogen-bond acceptors (Lipinski definition) is 4. The van der Waals surface area contributed by atoms with Crippen molar-refractivity contribution in [1.29, 1.82) is 0 Å². The van der Waals surface area contributed by atoms with Crippen LogP contribution in [0.5, 0.6) is 5.75 Å². The Balaban J connectivity index is 2.54. The van der Waals surface area contributed by atoms with Crippen LogP contribution in [-0.2, 0) is 9.84 Å². The van der Waals surface area contributed by atoms with Gasteiger partial charge in [-0.3, -0.25) is 0 Å². The molecule has 0 aliphatic heterocycles. The largest absolute Gasteiger partial charge is 0.493 e. The zero-order chi connectivity index (χ0) is 14.3. The van der Waals surface area contributed by atoms with E-state index in [1.165, 1.54) is 12.1 Å². The molecule has 0 spiro atoms. The number of rotatable bonds is 5. The van der Waals surface area contributed by atoms with Gasteiger partial charge in [0.05, 0.1) is 17.9 Å². The Morgan fingerprint density at radius 3 is 2.74 bits per heavy atom. The van der Waals surface area contributed by atoms with E-state index in [2.05, 4.69) is 11.8 Å². The molecule has 1 N–H and O–H groups in total. The number of aliphatic hydroxyl groups is 1. The van der Waals surface area contributed by atoms with Gasteiger partial charge in [0.1, 0.15) is 28.0 Å². The molecule has 0 heterocycles. The van der Waals surface area contributed by atoms with Crippen molar-refractivity contribution in [3.8, 4) is 17.6 Å². The summed E-state index contributed by atoms with van der Waals surface area (Å²) in [5.74, 6) is 4.64. The smallest absolute Gasteiger partial charge is 0.147 e. The van der Waals surface area contributed by atoms with Gasteiger partial charge >= 0.3 is 0 Å². The van der Waals surface area contributed by atoms with Gasteiger partial charge in [0, 0.05) is 12.3 Å². The first-order valence-electron chi connectivity index (χ1n) is 5.62. The third kappa shape index (κ3) is 6.22. The highest BCUT2D eigenvalue weighted by atomic mass is 32.2. The molecule has 0 saturated carbocycles. The summed E-state index contributed by atoms with van der Waals surface area (Å²) in [6.07, 6.45) is 1.51. The molecule has 0 aliphatic rings. The summed E-state index contributed by atoms with van der Waals surface area (Å²) in [5.41, 5.74) is 0.178. The first-order valence-corrected chi connectivity index (χ1v) is 7.68. The molecule has 1 aromatic carbocycles. The molecule has 0 atom stereocenters. The number of hydrogen-bond donors (Lipinski definition) is 1. The Labute approximate surface area is 112 Å². The summed E-state index contributed by atoms with van der Waals surface area (Å²) >= 11 is 0. The predicted molar refractivity (Wildman–Crippen MR) is 70.2 cm³/mol. The summed E-state index contributed by atoms with van der Waals surface area (Å²) in [4.78, 5) is 0. The molecule has 0 radical (unpaired) electrons. The molecule has 0 aromatic heterocycles. The molecule has 0 fully saturated rings.